The van der Waals surface area contributed by atoms with Gasteiger partial charge in [0.25, 0.3) is 0 Å². The van der Waals surface area contributed by atoms with Gasteiger partial charge in [-0.25, -0.2) is 0 Å². The minimum Gasteiger partial charge on any atom is -0.372 e. The van der Waals surface area contributed by atoms with E-state index in [1.165, 1.54) is 11.1 Å². The van der Waals surface area contributed by atoms with E-state index in [0.717, 1.165) is 13.2 Å². The molecule has 0 bridgehead atoms. The van der Waals surface area contributed by atoms with Gasteiger partial charge in [-0.3, -0.25) is 0 Å². The number of ether oxygens (including phenoxy) is 1. The van der Waals surface area contributed by atoms with Gasteiger partial charge in [-0.1, -0.05) is 38.1 Å². The molecule has 1 atom stereocenters. The fourth-order valence-electron chi connectivity index (χ4n) is 1.75. The number of nitrogens with one attached hydrogen (secondary N) is 1. The molecule has 0 aliphatic heterocycles. The monoisotopic (exact) mass is 221 g/mol. The number of benzene rings is 1. The van der Waals surface area contributed by atoms with E-state index in [1.54, 1.807) is 0 Å². The van der Waals surface area contributed by atoms with Crippen LogP contribution in [0.3, 0.4) is 0 Å². The highest BCUT2D eigenvalue weighted by atomic mass is 16.5. The molecular weight excluding hydrogens is 198 g/mol. The average Bonchev–Trinajstić information content (AvgIpc) is 2.25. The molecule has 0 saturated heterocycles. The van der Waals surface area contributed by atoms with Gasteiger partial charge in [-0.2, -0.15) is 0 Å². The highest BCUT2D eigenvalue weighted by Gasteiger charge is 2.13. The molecule has 0 aromatic heterocycles. The highest BCUT2D eigenvalue weighted by Crippen LogP contribution is 2.20. The number of aryl methyl sites for hydroxylation is 1. The lowest BCUT2D eigenvalue weighted by Crippen LogP contribution is -2.29. The summed E-state index contributed by atoms with van der Waals surface area (Å²) in [6.45, 7) is 10.1. The number of rotatable bonds is 6. The molecule has 0 heterocycles. The minimum atomic E-state index is 0.161. The molecule has 0 radical (unpaired) electrons. The molecule has 2 heteroatoms. The van der Waals surface area contributed by atoms with E-state index in [2.05, 4.69) is 50.4 Å². The van der Waals surface area contributed by atoms with Crippen molar-refractivity contribution in [1.29, 1.82) is 0 Å². The summed E-state index contributed by atoms with van der Waals surface area (Å²) in [4.78, 5) is 0. The molecule has 1 N–H and O–H groups in total. The lowest BCUT2D eigenvalue weighted by Gasteiger charge is -2.21. The maximum absolute atomic E-state index is 5.80. The van der Waals surface area contributed by atoms with E-state index < -0.39 is 0 Å². The first-order valence-corrected chi connectivity index (χ1v) is 6.05. The van der Waals surface area contributed by atoms with Crippen LogP contribution in [0.15, 0.2) is 24.3 Å². The van der Waals surface area contributed by atoms with Crippen LogP contribution in [0, 0.1) is 6.92 Å². The molecule has 0 spiro atoms. The zero-order chi connectivity index (χ0) is 12.0. The van der Waals surface area contributed by atoms with E-state index in [9.17, 15) is 0 Å². The zero-order valence-electron chi connectivity index (χ0n) is 10.8. The molecule has 90 valence electrons. The van der Waals surface area contributed by atoms with Crippen molar-refractivity contribution in [2.75, 3.05) is 13.2 Å². The van der Waals surface area contributed by atoms with Gasteiger partial charge in [0.1, 0.15) is 0 Å². The molecule has 16 heavy (non-hydrogen) atoms. The van der Waals surface area contributed by atoms with Crippen molar-refractivity contribution in [2.45, 2.75) is 39.8 Å². The average molecular weight is 221 g/mol. The maximum atomic E-state index is 5.80. The summed E-state index contributed by atoms with van der Waals surface area (Å²) in [6, 6.07) is 8.92. The van der Waals surface area contributed by atoms with Gasteiger partial charge >= 0.3 is 0 Å². The zero-order valence-corrected chi connectivity index (χ0v) is 10.8. The van der Waals surface area contributed by atoms with E-state index in [1.807, 2.05) is 6.92 Å². The Kier molecular flexibility index (Phi) is 5.50. The largest absolute Gasteiger partial charge is 0.372 e. The van der Waals surface area contributed by atoms with Crippen LogP contribution < -0.4 is 5.32 Å². The van der Waals surface area contributed by atoms with Crippen LogP contribution in [0.2, 0.25) is 0 Å². The summed E-state index contributed by atoms with van der Waals surface area (Å²) in [7, 11) is 0. The molecular formula is C14H23NO. The molecule has 1 aromatic rings. The van der Waals surface area contributed by atoms with Crippen LogP contribution in [-0.4, -0.2) is 19.2 Å². The minimum absolute atomic E-state index is 0.161. The fourth-order valence-corrected chi connectivity index (χ4v) is 1.75. The topological polar surface area (TPSA) is 21.3 Å². The van der Waals surface area contributed by atoms with Crippen molar-refractivity contribution in [3.63, 3.8) is 0 Å². The van der Waals surface area contributed by atoms with Crippen LogP contribution in [-0.2, 0) is 4.74 Å². The molecule has 0 fully saturated rings. The Morgan fingerprint density at radius 1 is 1.25 bits per heavy atom. The molecule has 1 unspecified atom stereocenters. The predicted molar refractivity (Wildman–Crippen MR) is 68.7 cm³/mol. The van der Waals surface area contributed by atoms with Crippen LogP contribution in [0.1, 0.15) is 38.0 Å². The Balaban J connectivity index is 2.73. The summed E-state index contributed by atoms with van der Waals surface area (Å²) >= 11 is 0. The standard InChI is InChI=1S/C14H23NO/c1-5-16-14(10-15-11(2)3)13-9-7-6-8-12(13)4/h6-9,11,14-15H,5,10H2,1-4H3. The number of hydrogen-bond donors (Lipinski definition) is 1. The van der Waals surface area contributed by atoms with Gasteiger partial charge in [-0.15, -0.1) is 0 Å². The summed E-state index contributed by atoms with van der Waals surface area (Å²) in [6.07, 6.45) is 0.161. The van der Waals surface area contributed by atoms with Crippen molar-refractivity contribution in [2.24, 2.45) is 0 Å². The Morgan fingerprint density at radius 2 is 1.94 bits per heavy atom. The van der Waals surface area contributed by atoms with E-state index >= 15 is 0 Å². The second-order valence-electron chi connectivity index (χ2n) is 4.36. The quantitative estimate of drug-likeness (QED) is 0.797. The van der Waals surface area contributed by atoms with Gasteiger partial charge in [0.2, 0.25) is 0 Å². The summed E-state index contributed by atoms with van der Waals surface area (Å²) in [5.41, 5.74) is 2.59. The van der Waals surface area contributed by atoms with Crippen molar-refractivity contribution in [3.8, 4) is 0 Å². The molecule has 0 amide bonds. The first kappa shape index (κ1) is 13.2. The Morgan fingerprint density at radius 3 is 2.50 bits per heavy atom. The van der Waals surface area contributed by atoms with E-state index in [-0.39, 0.29) is 6.10 Å². The van der Waals surface area contributed by atoms with E-state index in [4.69, 9.17) is 4.74 Å². The smallest absolute Gasteiger partial charge is 0.0951 e. The van der Waals surface area contributed by atoms with Crippen molar-refractivity contribution >= 4 is 0 Å². The van der Waals surface area contributed by atoms with Gasteiger partial charge in [0.05, 0.1) is 6.10 Å². The van der Waals surface area contributed by atoms with Gasteiger partial charge in [0, 0.05) is 19.2 Å². The highest BCUT2D eigenvalue weighted by molar-refractivity contribution is 5.28. The third-order valence-corrected chi connectivity index (χ3v) is 2.61. The molecule has 1 aromatic carbocycles. The third kappa shape index (κ3) is 3.95. The lowest BCUT2D eigenvalue weighted by atomic mass is 10.0. The van der Waals surface area contributed by atoms with Crippen LogP contribution >= 0.6 is 0 Å². The Hall–Kier alpha value is -0.860. The van der Waals surface area contributed by atoms with Gasteiger partial charge < -0.3 is 10.1 Å². The van der Waals surface area contributed by atoms with Crippen LogP contribution in [0.4, 0.5) is 0 Å². The van der Waals surface area contributed by atoms with Gasteiger partial charge in [0.15, 0.2) is 0 Å². The Labute approximate surface area is 99.0 Å². The second-order valence-corrected chi connectivity index (χ2v) is 4.36. The SMILES string of the molecule is CCOC(CNC(C)C)c1ccccc1C. The summed E-state index contributed by atoms with van der Waals surface area (Å²) < 4.78 is 5.80. The summed E-state index contributed by atoms with van der Waals surface area (Å²) in [5.74, 6) is 0. The predicted octanol–water partition coefficient (Wildman–Crippen LogP) is 3.07. The van der Waals surface area contributed by atoms with Gasteiger partial charge in [-0.05, 0) is 25.0 Å². The Bertz CT molecular complexity index is 309. The first-order chi connectivity index (χ1) is 7.65. The van der Waals surface area contributed by atoms with Crippen molar-refractivity contribution in [3.05, 3.63) is 35.4 Å². The molecule has 0 aliphatic rings. The summed E-state index contributed by atoms with van der Waals surface area (Å²) in [5, 5.41) is 3.43. The number of hydrogen-bond acceptors (Lipinski definition) is 2. The maximum Gasteiger partial charge on any atom is 0.0951 e. The van der Waals surface area contributed by atoms with E-state index in [0.29, 0.717) is 6.04 Å². The molecule has 1 rings (SSSR count). The molecule has 0 aliphatic carbocycles. The first-order valence-electron chi connectivity index (χ1n) is 6.05. The normalized spacial score (nSPS) is 13.1. The van der Waals surface area contributed by atoms with Crippen LogP contribution in [0.25, 0.3) is 0 Å². The van der Waals surface area contributed by atoms with Crippen LogP contribution in [0.5, 0.6) is 0 Å². The van der Waals surface area contributed by atoms with Crippen molar-refractivity contribution < 1.29 is 4.74 Å². The van der Waals surface area contributed by atoms with Crippen molar-refractivity contribution in [1.82, 2.24) is 5.32 Å². The third-order valence-electron chi connectivity index (χ3n) is 2.61. The lowest BCUT2D eigenvalue weighted by molar-refractivity contribution is 0.0605. The second kappa shape index (κ2) is 6.66. The molecule has 0 saturated carbocycles. The fraction of sp³-hybridized carbons (Fsp3) is 0.571. The molecule has 2 nitrogen and oxygen atoms in total.